The van der Waals surface area contributed by atoms with Gasteiger partial charge in [0, 0.05) is 25.6 Å². The summed E-state index contributed by atoms with van der Waals surface area (Å²) >= 11 is 0. The van der Waals surface area contributed by atoms with Crippen LogP contribution in [-0.2, 0) is 20.9 Å². The summed E-state index contributed by atoms with van der Waals surface area (Å²) in [4.78, 5) is 38.9. The smallest absolute Gasteiger partial charge is 0.407 e. The molecule has 0 atom stereocenters. The van der Waals surface area contributed by atoms with E-state index in [4.69, 9.17) is 9.84 Å². The predicted molar refractivity (Wildman–Crippen MR) is 139 cm³/mol. The van der Waals surface area contributed by atoms with Crippen LogP contribution < -0.4 is 5.32 Å². The highest BCUT2D eigenvalue weighted by molar-refractivity contribution is 5.86. The standard InChI is InChI=1S/C30H30N2O5/c33-27(34)14-17-32(18-21-8-2-1-3-9-21)28(35)30(15-16-30)20-31-29(36)37-19-26-24-12-6-4-10-22(24)23-11-5-7-13-25(23)26/h1-13,26H,14-20H2,(H,31,36)(H,33,34). The average molecular weight is 499 g/mol. The van der Waals surface area contributed by atoms with E-state index in [-0.39, 0.29) is 37.9 Å². The SMILES string of the molecule is O=C(O)CCN(Cc1ccccc1)C(=O)C1(CNC(=O)OCC2c3ccccc3-c3ccccc32)CC1. The van der Waals surface area contributed by atoms with E-state index in [9.17, 15) is 14.4 Å². The number of benzene rings is 3. The first kappa shape index (κ1) is 24.6. The van der Waals surface area contributed by atoms with Crippen LogP contribution in [-0.4, -0.2) is 47.7 Å². The van der Waals surface area contributed by atoms with Gasteiger partial charge in [-0.3, -0.25) is 9.59 Å². The first-order valence-corrected chi connectivity index (χ1v) is 12.6. The normalized spacial score (nSPS) is 14.8. The first-order valence-electron chi connectivity index (χ1n) is 12.6. The van der Waals surface area contributed by atoms with Gasteiger partial charge in [-0.05, 0) is 40.7 Å². The number of alkyl carbamates (subject to hydrolysis) is 1. The molecule has 0 unspecified atom stereocenters. The second-order valence-electron chi connectivity index (χ2n) is 9.82. The minimum Gasteiger partial charge on any atom is -0.481 e. The van der Waals surface area contributed by atoms with E-state index in [0.29, 0.717) is 19.4 Å². The molecule has 0 aliphatic heterocycles. The Kier molecular flexibility index (Phi) is 6.95. The van der Waals surface area contributed by atoms with E-state index in [1.807, 2.05) is 54.6 Å². The molecular weight excluding hydrogens is 468 g/mol. The van der Waals surface area contributed by atoms with Crippen LogP contribution in [0.3, 0.4) is 0 Å². The summed E-state index contributed by atoms with van der Waals surface area (Å²) in [5.74, 6) is -1.11. The van der Waals surface area contributed by atoms with E-state index in [1.54, 1.807) is 4.90 Å². The monoisotopic (exact) mass is 498 g/mol. The molecule has 5 rings (SSSR count). The number of aliphatic carboxylic acids is 1. The number of fused-ring (bicyclic) bond motifs is 3. The minimum absolute atomic E-state index is 0.0351. The summed E-state index contributed by atoms with van der Waals surface area (Å²) in [6.45, 7) is 0.829. The molecule has 2 aliphatic rings. The Morgan fingerprint density at radius 1 is 0.892 bits per heavy atom. The maximum Gasteiger partial charge on any atom is 0.407 e. The van der Waals surface area contributed by atoms with Crippen molar-refractivity contribution < 1.29 is 24.2 Å². The molecule has 2 N–H and O–H groups in total. The van der Waals surface area contributed by atoms with Crippen molar-refractivity contribution in [3.05, 3.63) is 95.6 Å². The van der Waals surface area contributed by atoms with E-state index in [2.05, 4.69) is 29.6 Å². The number of carbonyl (C=O) groups excluding carboxylic acids is 2. The van der Waals surface area contributed by atoms with Crippen LogP contribution in [0.5, 0.6) is 0 Å². The van der Waals surface area contributed by atoms with Crippen LogP contribution >= 0.6 is 0 Å². The van der Waals surface area contributed by atoms with Crippen molar-refractivity contribution >= 4 is 18.0 Å². The average Bonchev–Trinajstić information content (AvgIpc) is 3.65. The molecule has 3 aromatic carbocycles. The number of nitrogens with one attached hydrogen (secondary N) is 1. The van der Waals surface area contributed by atoms with Crippen LogP contribution in [0, 0.1) is 5.41 Å². The zero-order valence-corrected chi connectivity index (χ0v) is 20.6. The van der Waals surface area contributed by atoms with Crippen molar-refractivity contribution in [1.82, 2.24) is 10.2 Å². The molecule has 7 heteroatoms. The largest absolute Gasteiger partial charge is 0.481 e. The predicted octanol–water partition coefficient (Wildman–Crippen LogP) is 4.81. The Hall–Kier alpha value is -4.13. The van der Waals surface area contributed by atoms with Crippen molar-refractivity contribution in [3.63, 3.8) is 0 Å². The number of carboxylic acid groups (broad SMARTS) is 1. The molecule has 0 heterocycles. The first-order chi connectivity index (χ1) is 18.0. The van der Waals surface area contributed by atoms with Gasteiger partial charge in [-0.2, -0.15) is 0 Å². The maximum absolute atomic E-state index is 13.4. The molecule has 2 amide bonds. The number of carbonyl (C=O) groups is 3. The van der Waals surface area contributed by atoms with Crippen molar-refractivity contribution in [3.8, 4) is 11.1 Å². The number of amides is 2. The maximum atomic E-state index is 13.4. The summed E-state index contributed by atoms with van der Waals surface area (Å²) in [6, 6.07) is 25.8. The molecule has 0 bridgehead atoms. The van der Waals surface area contributed by atoms with Gasteiger partial charge in [0.25, 0.3) is 0 Å². The Labute approximate surface area is 216 Å². The fourth-order valence-electron chi connectivity index (χ4n) is 5.13. The van der Waals surface area contributed by atoms with Crippen LogP contribution in [0.1, 0.15) is 41.9 Å². The quantitative estimate of drug-likeness (QED) is 0.418. The molecule has 3 aromatic rings. The lowest BCUT2D eigenvalue weighted by Gasteiger charge is -2.27. The van der Waals surface area contributed by atoms with Gasteiger partial charge in [0.05, 0.1) is 11.8 Å². The molecular formula is C30H30N2O5. The lowest BCUT2D eigenvalue weighted by Crippen LogP contribution is -2.43. The Balaban J connectivity index is 1.20. The molecule has 0 spiro atoms. The third-order valence-corrected chi connectivity index (χ3v) is 7.32. The molecule has 0 saturated heterocycles. The van der Waals surface area contributed by atoms with Gasteiger partial charge < -0.3 is 20.1 Å². The van der Waals surface area contributed by atoms with Crippen molar-refractivity contribution in [1.29, 1.82) is 0 Å². The molecule has 7 nitrogen and oxygen atoms in total. The van der Waals surface area contributed by atoms with Crippen molar-refractivity contribution in [2.24, 2.45) is 5.41 Å². The zero-order chi connectivity index (χ0) is 25.8. The van der Waals surface area contributed by atoms with Crippen LogP contribution in [0.4, 0.5) is 4.79 Å². The Morgan fingerprint density at radius 3 is 2.08 bits per heavy atom. The number of rotatable bonds is 10. The summed E-state index contributed by atoms with van der Waals surface area (Å²) < 4.78 is 5.63. The molecule has 37 heavy (non-hydrogen) atoms. The summed E-state index contributed by atoms with van der Waals surface area (Å²) in [6.07, 6.45) is 0.608. The fourth-order valence-corrected chi connectivity index (χ4v) is 5.13. The lowest BCUT2D eigenvalue weighted by atomic mass is 9.98. The Morgan fingerprint density at radius 2 is 1.49 bits per heavy atom. The highest BCUT2D eigenvalue weighted by atomic mass is 16.5. The molecule has 0 aromatic heterocycles. The zero-order valence-electron chi connectivity index (χ0n) is 20.6. The summed E-state index contributed by atoms with van der Waals surface area (Å²) in [5.41, 5.74) is 4.82. The van der Waals surface area contributed by atoms with E-state index in [1.165, 1.54) is 0 Å². The van der Waals surface area contributed by atoms with Crippen LogP contribution in [0.15, 0.2) is 78.9 Å². The molecule has 0 radical (unpaired) electrons. The highest BCUT2D eigenvalue weighted by Crippen LogP contribution is 2.47. The summed E-state index contributed by atoms with van der Waals surface area (Å²) in [5, 5.41) is 12.0. The van der Waals surface area contributed by atoms with Gasteiger partial charge in [-0.15, -0.1) is 0 Å². The number of hydrogen-bond acceptors (Lipinski definition) is 4. The van der Waals surface area contributed by atoms with Crippen LogP contribution in [0.2, 0.25) is 0 Å². The van der Waals surface area contributed by atoms with Gasteiger partial charge >= 0.3 is 12.1 Å². The van der Waals surface area contributed by atoms with Crippen LogP contribution in [0.25, 0.3) is 11.1 Å². The number of hydrogen-bond donors (Lipinski definition) is 2. The van der Waals surface area contributed by atoms with Gasteiger partial charge in [-0.1, -0.05) is 78.9 Å². The topological polar surface area (TPSA) is 95.9 Å². The van der Waals surface area contributed by atoms with Crippen molar-refractivity contribution in [2.75, 3.05) is 19.7 Å². The fraction of sp³-hybridized carbons (Fsp3) is 0.300. The molecule has 1 fully saturated rings. The number of carboxylic acids is 1. The Bertz CT molecular complexity index is 1260. The van der Waals surface area contributed by atoms with E-state index >= 15 is 0 Å². The van der Waals surface area contributed by atoms with Gasteiger partial charge in [0.1, 0.15) is 6.61 Å². The highest BCUT2D eigenvalue weighted by Gasteiger charge is 2.51. The summed E-state index contributed by atoms with van der Waals surface area (Å²) in [7, 11) is 0. The van der Waals surface area contributed by atoms with E-state index in [0.717, 1.165) is 27.8 Å². The lowest BCUT2D eigenvalue weighted by molar-refractivity contribution is -0.140. The van der Waals surface area contributed by atoms with E-state index < -0.39 is 17.5 Å². The minimum atomic E-state index is -0.951. The number of nitrogens with zero attached hydrogens (tertiary/aromatic N) is 1. The van der Waals surface area contributed by atoms with Gasteiger partial charge in [0.2, 0.25) is 5.91 Å². The second-order valence-corrected chi connectivity index (χ2v) is 9.82. The molecule has 1 saturated carbocycles. The third-order valence-electron chi connectivity index (χ3n) is 7.32. The number of ether oxygens (including phenoxy) is 1. The van der Waals surface area contributed by atoms with Gasteiger partial charge in [-0.25, -0.2) is 4.79 Å². The second kappa shape index (κ2) is 10.5. The van der Waals surface area contributed by atoms with Crippen molar-refractivity contribution in [2.45, 2.75) is 31.7 Å². The third kappa shape index (κ3) is 5.35. The molecule has 190 valence electrons. The molecule has 2 aliphatic carbocycles. The van der Waals surface area contributed by atoms with Gasteiger partial charge in [0.15, 0.2) is 0 Å².